The quantitative estimate of drug-likeness (QED) is 0.706. The second kappa shape index (κ2) is 8.47. The molecule has 0 N–H and O–H groups in total. The van der Waals surface area contributed by atoms with E-state index in [2.05, 4.69) is 0 Å². The van der Waals surface area contributed by atoms with E-state index in [-0.39, 0.29) is 17.9 Å². The number of hydrogen-bond acceptors (Lipinski definition) is 3. The van der Waals surface area contributed by atoms with Crippen LogP contribution in [0.3, 0.4) is 0 Å². The highest BCUT2D eigenvalue weighted by molar-refractivity contribution is 6.00. The number of rotatable bonds is 6. The van der Waals surface area contributed by atoms with Gasteiger partial charge in [0.25, 0.3) is 0 Å². The molecule has 0 bridgehead atoms. The van der Waals surface area contributed by atoms with Gasteiger partial charge in [-0.25, -0.2) is 4.79 Å². The summed E-state index contributed by atoms with van der Waals surface area (Å²) in [6, 6.07) is 18.0. The maximum absolute atomic E-state index is 12.9. The molecule has 4 heteroatoms. The highest BCUT2D eigenvalue weighted by Crippen LogP contribution is 2.24. The lowest BCUT2D eigenvalue weighted by Crippen LogP contribution is -2.43. The Hall–Kier alpha value is -2.62. The first-order valence-corrected chi connectivity index (χ1v) is 8.55. The molecular formula is C21H25NO3. The number of carbonyl (C=O) groups is 2. The Morgan fingerprint density at radius 2 is 1.28 bits per heavy atom. The lowest BCUT2D eigenvalue weighted by Gasteiger charge is -2.31. The van der Waals surface area contributed by atoms with Crippen LogP contribution >= 0.6 is 0 Å². The molecule has 25 heavy (non-hydrogen) atoms. The van der Waals surface area contributed by atoms with Crippen molar-refractivity contribution in [2.45, 2.75) is 45.9 Å². The third-order valence-electron chi connectivity index (χ3n) is 3.94. The van der Waals surface area contributed by atoms with Crippen LogP contribution in [0.1, 0.15) is 49.7 Å². The number of nitrogens with zero attached hydrogens (tertiary/aromatic N) is 1. The molecule has 0 saturated heterocycles. The van der Waals surface area contributed by atoms with Gasteiger partial charge in [-0.1, -0.05) is 60.7 Å². The molecule has 0 aliphatic carbocycles. The van der Waals surface area contributed by atoms with Gasteiger partial charge in [-0.3, -0.25) is 4.79 Å². The van der Waals surface area contributed by atoms with E-state index in [1.54, 1.807) is 41.3 Å². The van der Waals surface area contributed by atoms with Gasteiger partial charge < -0.3 is 9.64 Å². The van der Waals surface area contributed by atoms with Crippen LogP contribution in [0.25, 0.3) is 0 Å². The van der Waals surface area contributed by atoms with Gasteiger partial charge in [0, 0.05) is 23.2 Å². The lowest BCUT2D eigenvalue weighted by atomic mass is 10.00. The summed E-state index contributed by atoms with van der Waals surface area (Å²) >= 11 is 0. The van der Waals surface area contributed by atoms with Crippen LogP contribution in [-0.2, 0) is 4.74 Å². The number of amides is 1. The average Bonchev–Trinajstić information content (AvgIpc) is 2.60. The minimum Gasteiger partial charge on any atom is -0.433 e. The van der Waals surface area contributed by atoms with Crippen LogP contribution in [0, 0.1) is 0 Å². The second-order valence-corrected chi connectivity index (χ2v) is 6.50. The zero-order valence-electron chi connectivity index (χ0n) is 15.2. The number of ether oxygens (including phenoxy) is 1. The van der Waals surface area contributed by atoms with Crippen molar-refractivity contribution in [2.24, 2.45) is 0 Å². The molecule has 0 saturated carbocycles. The monoisotopic (exact) mass is 339 g/mol. The van der Waals surface area contributed by atoms with E-state index < -0.39 is 12.2 Å². The fraction of sp³-hybridized carbons (Fsp3) is 0.333. The van der Waals surface area contributed by atoms with Crippen molar-refractivity contribution >= 4 is 11.9 Å². The van der Waals surface area contributed by atoms with Gasteiger partial charge in [0.15, 0.2) is 6.10 Å². The van der Waals surface area contributed by atoms with Crippen molar-refractivity contribution in [3.8, 4) is 0 Å². The first-order chi connectivity index (χ1) is 11.9. The molecule has 0 radical (unpaired) electrons. The molecule has 4 nitrogen and oxygen atoms in total. The zero-order valence-corrected chi connectivity index (χ0v) is 15.2. The van der Waals surface area contributed by atoms with Gasteiger partial charge in [-0.15, -0.1) is 0 Å². The SMILES string of the molecule is CC(C)N(C(=O)O[C@@H](C(=O)c1ccccc1)c1ccccc1)C(C)C. The molecule has 0 aliphatic heterocycles. The summed E-state index contributed by atoms with van der Waals surface area (Å²) < 4.78 is 5.67. The fourth-order valence-corrected chi connectivity index (χ4v) is 2.83. The average molecular weight is 339 g/mol. The third-order valence-corrected chi connectivity index (χ3v) is 3.94. The molecule has 2 aromatic carbocycles. The van der Waals surface area contributed by atoms with Crippen LogP contribution in [0.5, 0.6) is 0 Å². The van der Waals surface area contributed by atoms with E-state index in [1.165, 1.54) is 0 Å². The van der Waals surface area contributed by atoms with Crippen molar-refractivity contribution in [3.63, 3.8) is 0 Å². The van der Waals surface area contributed by atoms with Crippen LogP contribution in [0.15, 0.2) is 60.7 Å². The number of ketones is 1. The number of hydrogen-bond donors (Lipinski definition) is 0. The molecule has 0 fully saturated rings. The number of benzene rings is 2. The van der Waals surface area contributed by atoms with Gasteiger partial charge in [0.05, 0.1) is 0 Å². The summed E-state index contributed by atoms with van der Waals surface area (Å²) in [5, 5.41) is 0. The van der Waals surface area contributed by atoms with Crippen molar-refractivity contribution in [3.05, 3.63) is 71.8 Å². The normalized spacial score (nSPS) is 12.1. The molecular weight excluding hydrogens is 314 g/mol. The van der Waals surface area contributed by atoms with Crippen molar-refractivity contribution in [1.82, 2.24) is 4.90 Å². The van der Waals surface area contributed by atoms with E-state index in [0.717, 1.165) is 0 Å². The van der Waals surface area contributed by atoms with Crippen LogP contribution < -0.4 is 0 Å². The predicted molar refractivity (Wildman–Crippen MR) is 98.5 cm³/mol. The van der Waals surface area contributed by atoms with Gasteiger partial charge in [-0.05, 0) is 27.7 Å². The molecule has 0 spiro atoms. The molecule has 0 aromatic heterocycles. The maximum Gasteiger partial charge on any atom is 0.411 e. The Kier molecular flexibility index (Phi) is 6.34. The molecule has 1 atom stereocenters. The van der Waals surface area contributed by atoms with E-state index in [9.17, 15) is 9.59 Å². The number of carbonyl (C=O) groups excluding carboxylic acids is 2. The van der Waals surface area contributed by atoms with Gasteiger partial charge in [0.2, 0.25) is 5.78 Å². The largest absolute Gasteiger partial charge is 0.433 e. The van der Waals surface area contributed by atoms with E-state index in [0.29, 0.717) is 11.1 Å². The van der Waals surface area contributed by atoms with E-state index in [4.69, 9.17) is 4.74 Å². The number of Topliss-reactive ketones (excluding diaryl/α,β-unsaturated/α-hetero) is 1. The molecule has 1 amide bonds. The van der Waals surface area contributed by atoms with Crippen LogP contribution in [0.2, 0.25) is 0 Å². The van der Waals surface area contributed by atoms with Gasteiger partial charge in [-0.2, -0.15) is 0 Å². The Labute approximate surface area is 149 Å². The maximum atomic E-state index is 12.9. The highest BCUT2D eigenvalue weighted by Gasteiger charge is 2.30. The van der Waals surface area contributed by atoms with Crippen molar-refractivity contribution in [1.29, 1.82) is 0 Å². The summed E-state index contributed by atoms with van der Waals surface area (Å²) in [5.41, 5.74) is 1.18. The minimum absolute atomic E-state index is 0.0178. The Morgan fingerprint density at radius 1 is 0.800 bits per heavy atom. The fourth-order valence-electron chi connectivity index (χ4n) is 2.83. The van der Waals surface area contributed by atoms with Crippen molar-refractivity contribution in [2.75, 3.05) is 0 Å². The first-order valence-electron chi connectivity index (χ1n) is 8.55. The highest BCUT2D eigenvalue weighted by atomic mass is 16.6. The summed E-state index contributed by atoms with van der Waals surface area (Å²) in [6.07, 6.45) is -1.45. The summed E-state index contributed by atoms with van der Waals surface area (Å²) in [6.45, 7) is 7.71. The molecule has 0 unspecified atom stereocenters. The van der Waals surface area contributed by atoms with Crippen LogP contribution in [-0.4, -0.2) is 28.9 Å². The van der Waals surface area contributed by atoms with Gasteiger partial charge >= 0.3 is 6.09 Å². The standard InChI is InChI=1S/C21H25NO3/c1-15(2)22(16(3)4)21(24)25-20(18-13-9-6-10-14-18)19(23)17-11-7-5-8-12-17/h5-16,20H,1-4H3/t20-/m1/s1. The summed E-state index contributed by atoms with van der Waals surface area (Å²) in [4.78, 5) is 27.3. The Balaban J connectivity index is 2.33. The van der Waals surface area contributed by atoms with Gasteiger partial charge in [0.1, 0.15) is 0 Å². The summed E-state index contributed by atoms with van der Waals surface area (Å²) in [5.74, 6) is -0.229. The zero-order chi connectivity index (χ0) is 18.4. The molecule has 0 heterocycles. The Bertz CT molecular complexity index is 688. The predicted octanol–water partition coefficient (Wildman–Crippen LogP) is 4.87. The van der Waals surface area contributed by atoms with Crippen LogP contribution in [0.4, 0.5) is 4.79 Å². The topological polar surface area (TPSA) is 46.6 Å². The minimum atomic E-state index is -0.962. The van der Waals surface area contributed by atoms with Crippen molar-refractivity contribution < 1.29 is 14.3 Å². The van der Waals surface area contributed by atoms with E-state index in [1.807, 2.05) is 52.0 Å². The molecule has 2 aromatic rings. The first kappa shape index (κ1) is 18.7. The molecule has 2 rings (SSSR count). The van der Waals surface area contributed by atoms with E-state index >= 15 is 0 Å². The second-order valence-electron chi connectivity index (χ2n) is 6.50. The lowest BCUT2D eigenvalue weighted by molar-refractivity contribution is 0.0383. The molecule has 0 aliphatic rings. The third kappa shape index (κ3) is 4.69. The smallest absolute Gasteiger partial charge is 0.411 e. The Morgan fingerprint density at radius 3 is 1.76 bits per heavy atom. The molecule has 132 valence electrons. The summed E-state index contributed by atoms with van der Waals surface area (Å²) in [7, 11) is 0.